The summed E-state index contributed by atoms with van der Waals surface area (Å²) >= 11 is 0. The summed E-state index contributed by atoms with van der Waals surface area (Å²) < 4.78 is 1.89. The largest absolute Gasteiger partial charge is 0.354 e. The van der Waals surface area contributed by atoms with Crippen LogP contribution in [0.3, 0.4) is 0 Å². The molecule has 23 heavy (non-hydrogen) atoms. The first-order chi connectivity index (χ1) is 11.1. The molecule has 0 radical (unpaired) electrons. The average molecular weight is 314 g/mol. The van der Waals surface area contributed by atoms with Crippen LogP contribution < -0.4 is 10.2 Å². The molecule has 1 atom stereocenters. The lowest BCUT2D eigenvalue weighted by atomic mass is 10.1. The number of nitrogens with zero attached hydrogens (tertiary/aromatic N) is 5. The summed E-state index contributed by atoms with van der Waals surface area (Å²) in [6, 6.07) is 4.09. The Morgan fingerprint density at radius 1 is 1.35 bits per heavy atom. The number of hydrogen-bond acceptors (Lipinski definition) is 5. The summed E-state index contributed by atoms with van der Waals surface area (Å²) in [7, 11) is 1.61. The fraction of sp³-hybridized carbons (Fsp3) is 0.500. The molecule has 1 fully saturated rings. The van der Waals surface area contributed by atoms with Gasteiger partial charge in [-0.2, -0.15) is 10.2 Å². The predicted molar refractivity (Wildman–Crippen MR) is 87.6 cm³/mol. The number of carbonyl (C=O) groups is 1. The molecular formula is C16H22N6O. The maximum atomic E-state index is 11.6. The second-order valence-electron chi connectivity index (χ2n) is 5.97. The fourth-order valence-electron chi connectivity index (χ4n) is 2.86. The van der Waals surface area contributed by atoms with Crippen LogP contribution >= 0.6 is 0 Å². The Labute approximate surface area is 135 Å². The summed E-state index contributed by atoms with van der Waals surface area (Å²) in [6.45, 7) is 5.82. The highest BCUT2D eigenvalue weighted by molar-refractivity contribution is 5.91. The SMILES string of the molecule is CNC(=O)c1ccn(C2CCCN(c3cc(C)c(C)nn3)C2)n1. The van der Waals surface area contributed by atoms with Gasteiger partial charge in [0.2, 0.25) is 0 Å². The second-order valence-corrected chi connectivity index (χ2v) is 5.97. The van der Waals surface area contributed by atoms with Crippen LogP contribution in [0, 0.1) is 13.8 Å². The van der Waals surface area contributed by atoms with Crippen LogP contribution in [0.25, 0.3) is 0 Å². The van der Waals surface area contributed by atoms with E-state index in [1.807, 2.05) is 17.8 Å². The van der Waals surface area contributed by atoms with Crippen molar-refractivity contribution in [1.29, 1.82) is 0 Å². The molecule has 1 aliphatic rings. The molecule has 3 heterocycles. The lowest BCUT2D eigenvalue weighted by molar-refractivity contribution is 0.0957. The quantitative estimate of drug-likeness (QED) is 0.929. The van der Waals surface area contributed by atoms with Gasteiger partial charge >= 0.3 is 0 Å². The molecule has 1 aliphatic heterocycles. The molecule has 1 amide bonds. The summed E-state index contributed by atoms with van der Waals surface area (Å²) in [5, 5.41) is 15.5. The first-order valence-electron chi connectivity index (χ1n) is 7.91. The number of amides is 1. The van der Waals surface area contributed by atoms with E-state index < -0.39 is 0 Å². The fourth-order valence-corrected chi connectivity index (χ4v) is 2.86. The molecule has 122 valence electrons. The number of anilines is 1. The van der Waals surface area contributed by atoms with E-state index in [1.54, 1.807) is 13.1 Å². The number of aryl methyl sites for hydroxylation is 2. The van der Waals surface area contributed by atoms with Gasteiger partial charge in [0.1, 0.15) is 5.69 Å². The number of piperidine rings is 1. The van der Waals surface area contributed by atoms with Gasteiger partial charge in [-0.15, -0.1) is 5.10 Å². The zero-order valence-electron chi connectivity index (χ0n) is 13.8. The van der Waals surface area contributed by atoms with Crippen LogP contribution in [0.1, 0.15) is 40.6 Å². The lowest BCUT2D eigenvalue weighted by Gasteiger charge is -2.33. The highest BCUT2D eigenvalue weighted by atomic mass is 16.1. The van der Waals surface area contributed by atoms with E-state index in [2.05, 4.69) is 38.5 Å². The van der Waals surface area contributed by atoms with Gasteiger partial charge in [-0.1, -0.05) is 0 Å². The minimum atomic E-state index is -0.156. The van der Waals surface area contributed by atoms with Crippen molar-refractivity contribution in [1.82, 2.24) is 25.3 Å². The van der Waals surface area contributed by atoms with Gasteiger partial charge in [0.05, 0.1) is 11.7 Å². The Balaban J connectivity index is 1.76. The van der Waals surface area contributed by atoms with E-state index in [0.717, 1.165) is 43.0 Å². The Kier molecular flexibility index (Phi) is 4.27. The molecule has 0 aliphatic carbocycles. The summed E-state index contributed by atoms with van der Waals surface area (Å²) in [5.74, 6) is 0.757. The van der Waals surface area contributed by atoms with Gasteiger partial charge in [0.25, 0.3) is 5.91 Å². The minimum absolute atomic E-state index is 0.156. The van der Waals surface area contributed by atoms with E-state index >= 15 is 0 Å². The van der Waals surface area contributed by atoms with Crippen molar-refractivity contribution in [2.24, 2.45) is 0 Å². The molecule has 1 saturated heterocycles. The molecule has 0 spiro atoms. The molecule has 3 rings (SSSR count). The van der Waals surface area contributed by atoms with Crippen LogP contribution in [0.15, 0.2) is 18.3 Å². The van der Waals surface area contributed by atoms with Crippen LogP contribution in [-0.4, -0.2) is 46.0 Å². The van der Waals surface area contributed by atoms with Gasteiger partial charge in [-0.3, -0.25) is 9.48 Å². The highest BCUT2D eigenvalue weighted by Gasteiger charge is 2.24. The van der Waals surface area contributed by atoms with Gasteiger partial charge in [0.15, 0.2) is 5.82 Å². The zero-order chi connectivity index (χ0) is 16.4. The van der Waals surface area contributed by atoms with E-state index in [0.29, 0.717) is 5.69 Å². The molecule has 2 aromatic heterocycles. The lowest BCUT2D eigenvalue weighted by Crippen LogP contribution is -2.37. The van der Waals surface area contributed by atoms with E-state index in [-0.39, 0.29) is 11.9 Å². The van der Waals surface area contributed by atoms with Crippen molar-refractivity contribution in [3.63, 3.8) is 0 Å². The van der Waals surface area contributed by atoms with Crippen LogP contribution in [-0.2, 0) is 0 Å². The Hall–Kier alpha value is -2.44. The van der Waals surface area contributed by atoms with E-state index in [1.165, 1.54) is 0 Å². The van der Waals surface area contributed by atoms with Crippen molar-refractivity contribution in [2.75, 3.05) is 25.0 Å². The smallest absolute Gasteiger partial charge is 0.271 e. The third-order valence-electron chi connectivity index (χ3n) is 4.38. The predicted octanol–water partition coefficient (Wildman–Crippen LogP) is 1.49. The van der Waals surface area contributed by atoms with Gasteiger partial charge in [-0.05, 0) is 44.4 Å². The normalized spacial score (nSPS) is 18.0. The maximum Gasteiger partial charge on any atom is 0.271 e. The molecule has 2 aromatic rings. The Morgan fingerprint density at radius 2 is 2.17 bits per heavy atom. The number of aromatic nitrogens is 4. The molecule has 0 saturated carbocycles. The first-order valence-corrected chi connectivity index (χ1v) is 7.91. The van der Waals surface area contributed by atoms with Gasteiger partial charge in [0, 0.05) is 26.3 Å². The van der Waals surface area contributed by atoms with Crippen molar-refractivity contribution in [3.05, 3.63) is 35.3 Å². The molecular weight excluding hydrogens is 292 g/mol. The molecule has 7 heteroatoms. The summed E-state index contributed by atoms with van der Waals surface area (Å²) in [5.41, 5.74) is 2.57. The van der Waals surface area contributed by atoms with Crippen molar-refractivity contribution < 1.29 is 4.79 Å². The molecule has 0 aromatic carbocycles. The first kappa shape index (κ1) is 15.5. The van der Waals surface area contributed by atoms with E-state index in [4.69, 9.17) is 0 Å². The topological polar surface area (TPSA) is 75.9 Å². The summed E-state index contributed by atoms with van der Waals surface area (Å²) in [4.78, 5) is 13.9. The third kappa shape index (κ3) is 3.18. The standard InChI is InChI=1S/C16H22N6O/c1-11-9-15(19-18-12(11)2)21-7-4-5-13(10-21)22-8-6-14(20-22)16(23)17-3/h6,8-9,13H,4-5,7,10H2,1-3H3,(H,17,23). The maximum absolute atomic E-state index is 11.6. The Bertz CT molecular complexity index is 710. The van der Waals surface area contributed by atoms with Crippen LogP contribution in [0.5, 0.6) is 0 Å². The number of carbonyl (C=O) groups excluding carboxylic acids is 1. The van der Waals surface area contributed by atoms with Crippen LogP contribution in [0.2, 0.25) is 0 Å². The molecule has 1 N–H and O–H groups in total. The van der Waals surface area contributed by atoms with Gasteiger partial charge in [-0.25, -0.2) is 0 Å². The molecule has 7 nitrogen and oxygen atoms in total. The average Bonchev–Trinajstić information content (AvgIpc) is 3.07. The van der Waals surface area contributed by atoms with Gasteiger partial charge < -0.3 is 10.2 Å². The monoisotopic (exact) mass is 314 g/mol. The second kappa shape index (κ2) is 6.36. The van der Waals surface area contributed by atoms with Crippen molar-refractivity contribution >= 4 is 11.7 Å². The molecule has 0 bridgehead atoms. The van der Waals surface area contributed by atoms with Crippen LogP contribution in [0.4, 0.5) is 5.82 Å². The third-order valence-corrected chi connectivity index (χ3v) is 4.38. The highest BCUT2D eigenvalue weighted by Crippen LogP contribution is 2.25. The number of rotatable bonds is 3. The minimum Gasteiger partial charge on any atom is -0.354 e. The van der Waals surface area contributed by atoms with Crippen molar-refractivity contribution in [2.45, 2.75) is 32.7 Å². The number of nitrogens with one attached hydrogen (secondary N) is 1. The van der Waals surface area contributed by atoms with Crippen molar-refractivity contribution in [3.8, 4) is 0 Å². The number of hydrogen-bond donors (Lipinski definition) is 1. The summed E-state index contributed by atoms with van der Waals surface area (Å²) in [6.07, 6.45) is 3.99. The molecule has 1 unspecified atom stereocenters. The Morgan fingerprint density at radius 3 is 2.91 bits per heavy atom. The van der Waals surface area contributed by atoms with E-state index in [9.17, 15) is 4.79 Å². The zero-order valence-corrected chi connectivity index (χ0v) is 13.8.